The summed E-state index contributed by atoms with van der Waals surface area (Å²) in [5.41, 5.74) is 2.11. The van der Waals surface area contributed by atoms with Gasteiger partial charge >= 0.3 is 5.97 Å². The first-order valence-corrected chi connectivity index (χ1v) is 7.39. The van der Waals surface area contributed by atoms with Crippen LogP contribution in [0.5, 0.6) is 0 Å². The molecule has 0 amide bonds. The van der Waals surface area contributed by atoms with Gasteiger partial charge in [-0.2, -0.15) is 5.10 Å². The van der Waals surface area contributed by atoms with Gasteiger partial charge in [0.1, 0.15) is 0 Å². The molecule has 0 aliphatic heterocycles. The van der Waals surface area contributed by atoms with Gasteiger partial charge in [-0.05, 0) is 31.5 Å². The lowest BCUT2D eigenvalue weighted by Crippen LogP contribution is -2.17. The molecule has 0 bridgehead atoms. The summed E-state index contributed by atoms with van der Waals surface area (Å²) in [6.07, 6.45) is 0.281. The number of nitrogens with zero attached hydrogens (tertiary/aromatic N) is 2. The van der Waals surface area contributed by atoms with Gasteiger partial charge in [0.05, 0.1) is 22.3 Å². The van der Waals surface area contributed by atoms with Crippen LogP contribution in [0.15, 0.2) is 24.3 Å². The number of hydrogen-bond donors (Lipinski definition) is 1. The maximum absolute atomic E-state index is 11.6. The summed E-state index contributed by atoms with van der Waals surface area (Å²) in [6, 6.07) is 6.90. The van der Waals surface area contributed by atoms with Crippen LogP contribution in [0.1, 0.15) is 29.8 Å². The predicted octanol–water partition coefficient (Wildman–Crippen LogP) is 3.93. The van der Waals surface area contributed by atoms with Gasteiger partial charge in [-0.15, -0.1) is 0 Å². The Hall–Kier alpha value is -1.52. The Bertz CT molecular complexity index is 668. The van der Waals surface area contributed by atoms with Gasteiger partial charge in [-0.25, -0.2) is 0 Å². The molecule has 0 aliphatic carbocycles. The monoisotopic (exact) mass is 326 g/mol. The largest absolute Gasteiger partial charge is 0.481 e. The van der Waals surface area contributed by atoms with E-state index in [1.165, 1.54) is 0 Å². The summed E-state index contributed by atoms with van der Waals surface area (Å²) >= 11 is 12.2. The number of carboxylic acid groups (broad SMARTS) is 1. The summed E-state index contributed by atoms with van der Waals surface area (Å²) in [6.45, 7) is 4.40. The van der Waals surface area contributed by atoms with Gasteiger partial charge in [0.25, 0.3) is 0 Å². The number of aryl methyl sites for hydroxylation is 2. The zero-order valence-corrected chi connectivity index (χ0v) is 13.3. The highest BCUT2D eigenvalue weighted by Gasteiger charge is 2.25. The number of aromatic nitrogens is 2. The molecule has 0 radical (unpaired) electrons. The molecular formula is C15H16Cl2N2O2. The lowest BCUT2D eigenvalue weighted by atomic mass is 9.94. The second-order valence-corrected chi connectivity index (χ2v) is 5.63. The van der Waals surface area contributed by atoms with Gasteiger partial charge < -0.3 is 5.11 Å². The molecule has 0 saturated carbocycles. The molecule has 2 aromatic rings. The van der Waals surface area contributed by atoms with E-state index < -0.39 is 11.9 Å². The maximum atomic E-state index is 11.6. The van der Waals surface area contributed by atoms with E-state index in [0.29, 0.717) is 27.8 Å². The van der Waals surface area contributed by atoms with E-state index >= 15 is 0 Å². The van der Waals surface area contributed by atoms with Crippen molar-refractivity contribution in [2.45, 2.75) is 32.7 Å². The Labute approximate surface area is 133 Å². The van der Waals surface area contributed by atoms with Crippen molar-refractivity contribution in [2.75, 3.05) is 0 Å². The van der Waals surface area contributed by atoms with Crippen LogP contribution < -0.4 is 0 Å². The zero-order valence-electron chi connectivity index (χ0n) is 11.8. The van der Waals surface area contributed by atoms with Crippen molar-refractivity contribution >= 4 is 29.2 Å². The zero-order chi connectivity index (χ0) is 15.6. The number of carboxylic acids is 1. The molecule has 21 heavy (non-hydrogen) atoms. The van der Waals surface area contributed by atoms with Crippen LogP contribution in [0.4, 0.5) is 0 Å². The summed E-state index contributed by atoms with van der Waals surface area (Å²) in [5, 5.41) is 14.9. The summed E-state index contributed by atoms with van der Waals surface area (Å²) in [4.78, 5) is 11.6. The topological polar surface area (TPSA) is 55.1 Å². The van der Waals surface area contributed by atoms with Crippen molar-refractivity contribution in [3.63, 3.8) is 0 Å². The SMILES string of the molecule is CCn1nc(C)c(Cl)c1CC(C(=O)O)c1cccc(Cl)c1. The van der Waals surface area contributed by atoms with E-state index in [1.54, 1.807) is 28.9 Å². The Morgan fingerprint density at radius 3 is 2.71 bits per heavy atom. The highest BCUT2D eigenvalue weighted by atomic mass is 35.5. The third-order valence-electron chi connectivity index (χ3n) is 3.40. The summed E-state index contributed by atoms with van der Waals surface area (Å²) in [7, 11) is 0. The minimum atomic E-state index is -0.908. The molecule has 1 heterocycles. The maximum Gasteiger partial charge on any atom is 0.311 e. The van der Waals surface area contributed by atoms with Gasteiger partial charge in [-0.3, -0.25) is 9.48 Å². The van der Waals surface area contributed by atoms with E-state index in [9.17, 15) is 9.90 Å². The molecule has 112 valence electrons. The first-order valence-electron chi connectivity index (χ1n) is 6.64. The Kier molecular flexibility index (Phi) is 4.91. The summed E-state index contributed by atoms with van der Waals surface area (Å²) < 4.78 is 1.75. The van der Waals surface area contributed by atoms with Crippen molar-refractivity contribution in [1.29, 1.82) is 0 Å². The quantitative estimate of drug-likeness (QED) is 0.905. The average molecular weight is 327 g/mol. The predicted molar refractivity (Wildman–Crippen MR) is 83.2 cm³/mol. The highest BCUT2D eigenvalue weighted by Crippen LogP contribution is 2.28. The third kappa shape index (κ3) is 3.39. The first-order chi connectivity index (χ1) is 9.93. The molecule has 2 rings (SSSR count). The van der Waals surface area contributed by atoms with Crippen molar-refractivity contribution in [2.24, 2.45) is 0 Å². The second kappa shape index (κ2) is 6.50. The van der Waals surface area contributed by atoms with Crippen LogP contribution in [0.2, 0.25) is 10.0 Å². The Balaban J connectivity index is 2.40. The van der Waals surface area contributed by atoms with Gasteiger partial charge in [0.2, 0.25) is 0 Å². The standard InChI is InChI=1S/C15H16Cl2N2O2/c1-3-19-13(14(17)9(2)18-19)8-12(15(20)21)10-5-4-6-11(16)7-10/h4-7,12H,3,8H2,1-2H3,(H,20,21). The van der Waals surface area contributed by atoms with E-state index in [-0.39, 0.29) is 6.42 Å². The normalized spacial score (nSPS) is 12.4. The van der Waals surface area contributed by atoms with E-state index in [0.717, 1.165) is 5.69 Å². The number of hydrogen-bond acceptors (Lipinski definition) is 2. The highest BCUT2D eigenvalue weighted by molar-refractivity contribution is 6.32. The molecule has 6 heteroatoms. The Morgan fingerprint density at radius 1 is 1.43 bits per heavy atom. The van der Waals surface area contributed by atoms with Crippen molar-refractivity contribution in [3.8, 4) is 0 Å². The van der Waals surface area contributed by atoms with Crippen LogP contribution in [-0.2, 0) is 17.8 Å². The third-order valence-corrected chi connectivity index (χ3v) is 4.13. The van der Waals surface area contributed by atoms with Gasteiger partial charge in [0.15, 0.2) is 0 Å². The molecule has 0 saturated heterocycles. The molecule has 1 N–H and O–H groups in total. The number of aliphatic carboxylic acids is 1. The molecule has 1 aromatic carbocycles. The average Bonchev–Trinajstić information content (AvgIpc) is 2.71. The van der Waals surface area contributed by atoms with E-state index in [2.05, 4.69) is 5.10 Å². The van der Waals surface area contributed by atoms with Crippen molar-refractivity contribution in [1.82, 2.24) is 9.78 Å². The number of halogens is 2. The van der Waals surface area contributed by atoms with Crippen LogP contribution in [0.3, 0.4) is 0 Å². The number of carbonyl (C=O) groups is 1. The molecule has 0 fully saturated rings. The molecule has 1 aromatic heterocycles. The van der Waals surface area contributed by atoms with E-state index in [1.807, 2.05) is 13.8 Å². The molecule has 1 unspecified atom stereocenters. The fourth-order valence-electron chi connectivity index (χ4n) is 2.33. The minimum absolute atomic E-state index is 0.281. The van der Waals surface area contributed by atoms with Gasteiger partial charge in [-0.1, -0.05) is 35.3 Å². The molecule has 4 nitrogen and oxygen atoms in total. The fourth-order valence-corrected chi connectivity index (χ4v) is 2.74. The fraction of sp³-hybridized carbons (Fsp3) is 0.333. The van der Waals surface area contributed by atoms with Crippen LogP contribution >= 0.6 is 23.2 Å². The smallest absolute Gasteiger partial charge is 0.311 e. The Morgan fingerprint density at radius 2 is 2.14 bits per heavy atom. The number of benzene rings is 1. The van der Waals surface area contributed by atoms with Crippen molar-refractivity contribution < 1.29 is 9.90 Å². The minimum Gasteiger partial charge on any atom is -0.481 e. The molecule has 0 spiro atoms. The lowest BCUT2D eigenvalue weighted by Gasteiger charge is -2.14. The van der Waals surface area contributed by atoms with Crippen molar-refractivity contribution in [3.05, 3.63) is 51.3 Å². The van der Waals surface area contributed by atoms with Gasteiger partial charge in [0, 0.05) is 18.0 Å². The van der Waals surface area contributed by atoms with Crippen LogP contribution in [0.25, 0.3) is 0 Å². The second-order valence-electron chi connectivity index (χ2n) is 4.81. The molecule has 1 atom stereocenters. The van der Waals surface area contributed by atoms with Crippen LogP contribution in [-0.4, -0.2) is 20.9 Å². The molecule has 0 aliphatic rings. The molecular weight excluding hydrogens is 311 g/mol. The van der Waals surface area contributed by atoms with Crippen LogP contribution in [0, 0.1) is 6.92 Å². The summed E-state index contributed by atoms with van der Waals surface area (Å²) in [5.74, 6) is -1.61. The van der Waals surface area contributed by atoms with E-state index in [4.69, 9.17) is 23.2 Å². The first kappa shape index (κ1) is 15.9. The lowest BCUT2D eigenvalue weighted by molar-refractivity contribution is -0.138. The number of rotatable bonds is 5.